The van der Waals surface area contributed by atoms with Crippen LogP contribution in [0.15, 0.2) is 18.2 Å². The second-order valence-electron chi connectivity index (χ2n) is 2.97. The Morgan fingerprint density at radius 3 is 2.40 bits per heavy atom. The predicted octanol–water partition coefficient (Wildman–Crippen LogP) is 1.35. The van der Waals surface area contributed by atoms with Crippen LogP contribution in [0.25, 0.3) is 0 Å². The Morgan fingerprint density at radius 1 is 1.27 bits per heavy atom. The van der Waals surface area contributed by atoms with Gasteiger partial charge in [0.2, 0.25) is 0 Å². The van der Waals surface area contributed by atoms with Crippen molar-refractivity contribution in [2.45, 2.75) is 6.10 Å². The molecule has 0 amide bonds. The number of aliphatic hydroxyl groups excluding tert-OH is 1. The van der Waals surface area contributed by atoms with E-state index in [4.69, 9.17) is 4.74 Å². The summed E-state index contributed by atoms with van der Waals surface area (Å²) in [4.78, 5) is 0. The van der Waals surface area contributed by atoms with Crippen molar-refractivity contribution in [3.8, 4) is 5.75 Å². The van der Waals surface area contributed by atoms with E-state index < -0.39 is 23.5 Å². The van der Waals surface area contributed by atoms with Gasteiger partial charge in [-0.2, -0.15) is 0 Å². The third kappa shape index (κ3) is 3.45. The van der Waals surface area contributed by atoms with E-state index >= 15 is 0 Å². The molecule has 0 aliphatic rings. The molecule has 5 heteroatoms. The molecular weight excluding hydrogens is 206 g/mol. The summed E-state index contributed by atoms with van der Waals surface area (Å²) >= 11 is 0. The normalized spacial score (nSPS) is 12.5. The summed E-state index contributed by atoms with van der Waals surface area (Å²) in [5.41, 5.74) is 0. The number of hydrogen-bond acceptors (Lipinski definition) is 3. The number of halogens is 2. The topological polar surface area (TPSA) is 38.7 Å². The number of aliphatic hydroxyl groups is 1. The summed E-state index contributed by atoms with van der Waals surface area (Å²) in [6.45, 7) is -0.165. The van der Waals surface area contributed by atoms with Crippen molar-refractivity contribution in [3.05, 3.63) is 29.8 Å². The summed E-state index contributed by atoms with van der Waals surface area (Å²) in [6.07, 6.45) is -0.908. The molecule has 0 heterocycles. The fourth-order valence-electron chi connectivity index (χ4n) is 1.04. The number of hydrogen-bond donors (Lipinski definition) is 1. The highest BCUT2D eigenvalue weighted by Crippen LogP contribution is 2.20. The van der Waals surface area contributed by atoms with E-state index in [-0.39, 0.29) is 13.2 Å². The SMILES string of the molecule is COCC(O)COc1c(F)cccc1F. The third-order valence-corrected chi connectivity index (χ3v) is 1.70. The lowest BCUT2D eigenvalue weighted by Gasteiger charge is -2.12. The summed E-state index contributed by atoms with van der Waals surface area (Å²) in [5.74, 6) is -2.06. The Bertz CT molecular complexity index is 297. The Morgan fingerprint density at radius 2 is 1.87 bits per heavy atom. The van der Waals surface area contributed by atoms with E-state index in [1.54, 1.807) is 0 Å². The Balaban J connectivity index is 2.57. The second-order valence-corrected chi connectivity index (χ2v) is 2.97. The fourth-order valence-corrected chi connectivity index (χ4v) is 1.04. The van der Waals surface area contributed by atoms with Gasteiger partial charge >= 0.3 is 0 Å². The van der Waals surface area contributed by atoms with E-state index in [0.717, 1.165) is 12.1 Å². The molecule has 1 N–H and O–H groups in total. The van der Waals surface area contributed by atoms with Crippen molar-refractivity contribution < 1.29 is 23.4 Å². The molecule has 0 bridgehead atoms. The van der Waals surface area contributed by atoms with Gasteiger partial charge in [-0.25, -0.2) is 8.78 Å². The lowest BCUT2D eigenvalue weighted by molar-refractivity contribution is 0.0306. The highest BCUT2D eigenvalue weighted by atomic mass is 19.1. The first kappa shape index (κ1) is 11.9. The fraction of sp³-hybridized carbons (Fsp3) is 0.400. The van der Waals surface area contributed by atoms with Crippen molar-refractivity contribution >= 4 is 0 Å². The van der Waals surface area contributed by atoms with Gasteiger partial charge in [0.15, 0.2) is 17.4 Å². The van der Waals surface area contributed by atoms with Gasteiger partial charge < -0.3 is 14.6 Å². The first-order chi connectivity index (χ1) is 7.15. The smallest absolute Gasteiger partial charge is 0.190 e. The summed E-state index contributed by atoms with van der Waals surface area (Å²) < 4.78 is 35.5. The van der Waals surface area contributed by atoms with Crippen LogP contribution in [-0.4, -0.2) is 31.5 Å². The highest BCUT2D eigenvalue weighted by molar-refractivity contribution is 5.25. The number of para-hydroxylation sites is 1. The second kappa shape index (κ2) is 5.63. The molecule has 0 fully saturated rings. The van der Waals surface area contributed by atoms with Crippen molar-refractivity contribution in [2.24, 2.45) is 0 Å². The quantitative estimate of drug-likeness (QED) is 0.810. The average Bonchev–Trinajstić information content (AvgIpc) is 2.17. The minimum absolute atomic E-state index is 0.0517. The van der Waals surface area contributed by atoms with Gasteiger partial charge in [-0.05, 0) is 12.1 Å². The maximum atomic E-state index is 13.0. The molecule has 0 spiro atoms. The van der Waals surface area contributed by atoms with E-state index in [1.807, 2.05) is 0 Å². The minimum Gasteiger partial charge on any atom is -0.485 e. The molecule has 3 nitrogen and oxygen atoms in total. The van der Waals surface area contributed by atoms with E-state index in [0.29, 0.717) is 0 Å². The number of rotatable bonds is 5. The summed E-state index contributed by atoms with van der Waals surface area (Å²) in [6, 6.07) is 3.41. The number of benzene rings is 1. The zero-order chi connectivity index (χ0) is 11.3. The van der Waals surface area contributed by atoms with E-state index in [2.05, 4.69) is 4.74 Å². The molecular formula is C10H12F2O3. The van der Waals surface area contributed by atoms with Crippen LogP contribution in [0.2, 0.25) is 0 Å². The molecule has 0 aliphatic carbocycles. The molecule has 1 aromatic carbocycles. The molecule has 0 saturated carbocycles. The van der Waals surface area contributed by atoms with Gasteiger partial charge in [0.1, 0.15) is 12.7 Å². The van der Waals surface area contributed by atoms with Crippen molar-refractivity contribution in [1.29, 1.82) is 0 Å². The number of methoxy groups -OCH3 is 1. The summed E-state index contributed by atoms with van der Waals surface area (Å²) in [7, 11) is 1.41. The maximum Gasteiger partial charge on any atom is 0.190 e. The van der Waals surface area contributed by atoms with Gasteiger partial charge in [-0.3, -0.25) is 0 Å². The lowest BCUT2D eigenvalue weighted by atomic mass is 10.3. The van der Waals surface area contributed by atoms with Gasteiger partial charge in [0, 0.05) is 7.11 Å². The Hall–Kier alpha value is -1.20. The van der Waals surface area contributed by atoms with Crippen LogP contribution in [0.3, 0.4) is 0 Å². The van der Waals surface area contributed by atoms with Gasteiger partial charge in [0.05, 0.1) is 6.61 Å². The molecule has 1 aromatic rings. The largest absolute Gasteiger partial charge is 0.485 e. The third-order valence-electron chi connectivity index (χ3n) is 1.70. The van der Waals surface area contributed by atoms with E-state index in [1.165, 1.54) is 13.2 Å². The van der Waals surface area contributed by atoms with Crippen molar-refractivity contribution in [1.82, 2.24) is 0 Å². The molecule has 0 radical (unpaired) electrons. The van der Waals surface area contributed by atoms with Gasteiger partial charge in [-0.1, -0.05) is 6.07 Å². The summed E-state index contributed by atoms with van der Waals surface area (Å²) in [5, 5.41) is 9.20. The minimum atomic E-state index is -0.908. The molecule has 0 saturated heterocycles. The van der Waals surface area contributed by atoms with Crippen LogP contribution < -0.4 is 4.74 Å². The molecule has 1 atom stereocenters. The molecule has 1 rings (SSSR count). The van der Waals surface area contributed by atoms with Gasteiger partial charge in [0.25, 0.3) is 0 Å². The number of ether oxygens (including phenoxy) is 2. The Labute approximate surface area is 86.2 Å². The Kier molecular flexibility index (Phi) is 4.45. The highest BCUT2D eigenvalue weighted by Gasteiger charge is 2.11. The van der Waals surface area contributed by atoms with Crippen LogP contribution in [0.5, 0.6) is 5.75 Å². The van der Waals surface area contributed by atoms with Crippen LogP contribution in [0, 0.1) is 11.6 Å². The zero-order valence-corrected chi connectivity index (χ0v) is 8.24. The monoisotopic (exact) mass is 218 g/mol. The molecule has 0 aromatic heterocycles. The zero-order valence-electron chi connectivity index (χ0n) is 8.24. The molecule has 84 valence electrons. The lowest BCUT2D eigenvalue weighted by Crippen LogP contribution is -2.23. The predicted molar refractivity (Wildman–Crippen MR) is 49.7 cm³/mol. The van der Waals surface area contributed by atoms with Gasteiger partial charge in [-0.15, -0.1) is 0 Å². The van der Waals surface area contributed by atoms with Crippen molar-refractivity contribution in [2.75, 3.05) is 20.3 Å². The average molecular weight is 218 g/mol. The molecule has 0 aliphatic heterocycles. The first-order valence-electron chi connectivity index (χ1n) is 4.39. The molecule has 1 unspecified atom stereocenters. The van der Waals surface area contributed by atoms with Crippen molar-refractivity contribution in [3.63, 3.8) is 0 Å². The van der Waals surface area contributed by atoms with Crippen LogP contribution >= 0.6 is 0 Å². The molecule has 15 heavy (non-hydrogen) atoms. The van der Waals surface area contributed by atoms with Crippen LogP contribution in [0.4, 0.5) is 8.78 Å². The standard InChI is InChI=1S/C10H12F2O3/c1-14-5-7(13)6-15-10-8(11)3-2-4-9(10)12/h2-4,7,13H,5-6H2,1H3. The van der Waals surface area contributed by atoms with Crippen LogP contribution in [0.1, 0.15) is 0 Å². The first-order valence-corrected chi connectivity index (χ1v) is 4.39. The van der Waals surface area contributed by atoms with E-state index in [9.17, 15) is 13.9 Å². The maximum absolute atomic E-state index is 13.0. The van der Waals surface area contributed by atoms with Crippen LogP contribution in [-0.2, 0) is 4.74 Å².